The Balaban J connectivity index is 1.55. The maximum Gasteiger partial charge on any atom is 0.252 e. The summed E-state index contributed by atoms with van der Waals surface area (Å²) in [5.74, 6) is 1.65. The van der Waals surface area contributed by atoms with Crippen LogP contribution in [-0.2, 0) is 19.6 Å². The zero-order valence-corrected chi connectivity index (χ0v) is 20.6. The van der Waals surface area contributed by atoms with Gasteiger partial charge >= 0.3 is 0 Å². The van der Waals surface area contributed by atoms with E-state index in [0.717, 1.165) is 33.6 Å². The number of nitrogens with one attached hydrogen (secondary N) is 1. The molecule has 0 saturated heterocycles. The Morgan fingerprint density at radius 1 is 1.11 bits per heavy atom. The van der Waals surface area contributed by atoms with E-state index >= 15 is 0 Å². The van der Waals surface area contributed by atoms with Gasteiger partial charge in [-0.1, -0.05) is 31.5 Å². The molecule has 0 saturated carbocycles. The average molecular weight is 484 g/mol. The molecule has 4 aromatic heterocycles. The molecular weight excluding hydrogens is 454 g/mol. The number of benzene rings is 1. The second-order valence-electron chi connectivity index (χ2n) is 9.44. The van der Waals surface area contributed by atoms with E-state index in [0.29, 0.717) is 25.2 Å². The van der Waals surface area contributed by atoms with E-state index in [1.54, 1.807) is 17.1 Å². The van der Waals surface area contributed by atoms with Crippen LogP contribution >= 0.6 is 0 Å². The summed E-state index contributed by atoms with van der Waals surface area (Å²) in [5, 5.41) is 13.7. The van der Waals surface area contributed by atoms with Gasteiger partial charge in [-0.3, -0.25) is 14.7 Å². The van der Waals surface area contributed by atoms with E-state index in [1.165, 1.54) is 0 Å². The van der Waals surface area contributed by atoms with Crippen LogP contribution in [0.25, 0.3) is 10.9 Å². The van der Waals surface area contributed by atoms with Crippen molar-refractivity contribution in [2.45, 2.75) is 46.4 Å². The first-order valence-corrected chi connectivity index (χ1v) is 12.0. The molecule has 9 nitrogen and oxygen atoms in total. The molecule has 0 aliphatic heterocycles. The summed E-state index contributed by atoms with van der Waals surface area (Å²) < 4.78 is 7.31. The molecule has 0 fully saturated rings. The van der Waals surface area contributed by atoms with Gasteiger partial charge in [-0.25, -0.2) is 4.68 Å². The summed E-state index contributed by atoms with van der Waals surface area (Å²) >= 11 is 0. The Morgan fingerprint density at radius 2 is 2.00 bits per heavy atom. The van der Waals surface area contributed by atoms with Crippen LogP contribution < -0.4 is 5.56 Å². The van der Waals surface area contributed by atoms with Crippen LogP contribution in [0, 0.1) is 12.8 Å². The van der Waals surface area contributed by atoms with Crippen molar-refractivity contribution in [3.8, 4) is 0 Å². The van der Waals surface area contributed by atoms with Crippen molar-refractivity contribution in [1.82, 2.24) is 35.1 Å². The van der Waals surface area contributed by atoms with Gasteiger partial charge in [0.15, 0.2) is 5.82 Å². The van der Waals surface area contributed by atoms with Crippen molar-refractivity contribution in [2.24, 2.45) is 5.92 Å². The molecule has 4 heterocycles. The smallest absolute Gasteiger partial charge is 0.252 e. The predicted molar refractivity (Wildman–Crippen MR) is 136 cm³/mol. The van der Waals surface area contributed by atoms with Crippen LogP contribution in [0.15, 0.2) is 76.4 Å². The first-order chi connectivity index (χ1) is 17.5. The number of aromatic nitrogens is 6. The fourth-order valence-electron chi connectivity index (χ4n) is 4.66. The second-order valence-corrected chi connectivity index (χ2v) is 9.44. The molecule has 1 N–H and O–H groups in total. The molecule has 5 rings (SSSR count). The van der Waals surface area contributed by atoms with Crippen LogP contribution in [0.5, 0.6) is 0 Å². The lowest BCUT2D eigenvalue weighted by atomic mass is 9.99. The highest BCUT2D eigenvalue weighted by atomic mass is 16.3. The molecule has 0 bridgehead atoms. The number of nitrogens with zero attached hydrogens (tertiary/aromatic N) is 6. The number of furan rings is 1. The zero-order valence-electron chi connectivity index (χ0n) is 20.6. The normalized spacial score (nSPS) is 12.6. The molecule has 1 aromatic carbocycles. The van der Waals surface area contributed by atoms with Crippen LogP contribution in [0.2, 0.25) is 0 Å². The molecule has 0 radical (unpaired) electrons. The van der Waals surface area contributed by atoms with Crippen LogP contribution in [0.4, 0.5) is 0 Å². The quantitative estimate of drug-likeness (QED) is 0.334. The molecule has 0 unspecified atom stereocenters. The van der Waals surface area contributed by atoms with Gasteiger partial charge in [-0.2, -0.15) is 0 Å². The Hall–Kier alpha value is -4.11. The molecule has 1 atom stereocenters. The Labute approximate surface area is 208 Å². The topological polar surface area (TPSA) is 106 Å². The minimum absolute atomic E-state index is 0.0970. The number of pyridine rings is 2. The van der Waals surface area contributed by atoms with Gasteiger partial charge in [0.1, 0.15) is 12.3 Å². The lowest BCUT2D eigenvalue weighted by Gasteiger charge is -2.33. The molecule has 0 spiro atoms. The number of H-pyrrole nitrogens is 1. The molecule has 0 aliphatic rings. The van der Waals surface area contributed by atoms with Crippen molar-refractivity contribution in [3.63, 3.8) is 0 Å². The number of fused-ring (bicyclic) bond motifs is 1. The summed E-state index contributed by atoms with van der Waals surface area (Å²) in [4.78, 5) is 22.7. The van der Waals surface area contributed by atoms with Crippen LogP contribution in [-0.4, -0.2) is 35.1 Å². The molecule has 5 aromatic rings. The number of tetrazole rings is 1. The highest BCUT2D eigenvalue weighted by Crippen LogP contribution is 2.30. The number of hydrogen-bond donors (Lipinski definition) is 1. The average Bonchev–Trinajstić information content (AvgIpc) is 3.53. The zero-order chi connectivity index (χ0) is 25.1. The Bertz CT molecular complexity index is 1490. The number of rotatable bonds is 9. The second kappa shape index (κ2) is 10.2. The maximum absolute atomic E-state index is 13.1. The van der Waals surface area contributed by atoms with Gasteiger partial charge in [-0.15, -0.1) is 5.10 Å². The highest BCUT2D eigenvalue weighted by molar-refractivity contribution is 5.79. The van der Waals surface area contributed by atoms with Crippen LogP contribution in [0.1, 0.15) is 48.2 Å². The number of aryl methyl sites for hydroxylation is 1. The van der Waals surface area contributed by atoms with Crippen molar-refractivity contribution in [1.29, 1.82) is 0 Å². The standard InChI is InChI=1S/C27H29N7O2/c1-18(2)25(26-30-31-32-34(26)17-23-7-5-11-36-23)33(15-20-6-4-10-28-14-20)16-22-13-21-12-19(3)8-9-24(21)29-27(22)35/h4-14,18,25H,15-17H2,1-3H3,(H,29,35)/t25-/m0/s1. The Kier molecular flexibility index (Phi) is 6.73. The molecule has 9 heteroatoms. The minimum Gasteiger partial charge on any atom is -0.467 e. The van der Waals surface area contributed by atoms with E-state index in [4.69, 9.17) is 4.42 Å². The minimum atomic E-state index is -0.164. The first kappa shape index (κ1) is 23.6. The molecule has 184 valence electrons. The van der Waals surface area contributed by atoms with Crippen molar-refractivity contribution in [3.05, 3.63) is 106 Å². The lowest BCUT2D eigenvalue weighted by molar-refractivity contribution is 0.125. The summed E-state index contributed by atoms with van der Waals surface area (Å²) in [6, 6.07) is 15.6. The third-order valence-corrected chi connectivity index (χ3v) is 6.29. The Morgan fingerprint density at radius 3 is 2.75 bits per heavy atom. The van der Waals surface area contributed by atoms with Gasteiger partial charge in [0.25, 0.3) is 5.56 Å². The van der Waals surface area contributed by atoms with Gasteiger partial charge in [0.05, 0.1) is 12.3 Å². The molecule has 0 amide bonds. The van der Waals surface area contributed by atoms with E-state index in [2.05, 4.69) is 50.3 Å². The predicted octanol–water partition coefficient (Wildman–Crippen LogP) is 4.26. The lowest BCUT2D eigenvalue weighted by Crippen LogP contribution is -2.35. The largest absolute Gasteiger partial charge is 0.467 e. The third kappa shape index (κ3) is 5.11. The monoisotopic (exact) mass is 483 g/mol. The van der Waals surface area contributed by atoms with Crippen molar-refractivity contribution in [2.75, 3.05) is 0 Å². The van der Waals surface area contributed by atoms with E-state index < -0.39 is 0 Å². The summed E-state index contributed by atoms with van der Waals surface area (Å²) in [7, 11) is 0. The highest BCUT2D eigenvalue weighted by Gasteiger charge is 2.30. The molecular formula is C27H29N7O2. The van der Waals surface area contributed by atoms with E-state index in [1.807, 2.05) is 55.6 Å². The fourth-order valence-corrected chi connectivity index (χ4v) is 4.66. The van der Waals surface area contributed by atoms with Crippen molar-refractivity contribution < 1.29 is 4.42 Å². The van der Waals surface area contributed by atoms with Crippen LogP contribution in [0.3, 0.4) is 0 Å². The van der Waals surface area contributed by atoms with Gasteiger partial charge < -0.3 is 9.40 Å². The third-order valence-electron chi connectivity index (χ3n) is 6.29. The summed E-state index contributed by atoms with van der Waals surface area (Å²) in [6.07, 6.45) is 5.25. The van der Waals surface area contributed by atoms with Gasteiger partial charge in [0, 0.05) is 36.6 Å². The van der Waals surface area contributed by atoms with Crippen molar-refractivity contribution >= 4 is 10.9 Å². The first-order valence-electron chi connectivity index (χ1n) is 12.0. The van der Waals surface area contributed by atoms with E-state index in [9.17, 15) is 4.79 Å². The number of hydrogen-bond acceptors (Lipinski definition) is 7. The summed E-state index contributed by atoms with van der Waals surface area (Å²) in [6.45, 7) is 7.75. The van der Waals surface area contributed by atoms with Gasteiger partial charge in [0.2, 0.25) is 0 Å². The fraction of sp³-hybridized carbons (Fsp3) is 0.296. The SMILES string of the molecule is Cc1ccc2[nH]c(=O)c(CN(Cc3cccnc3)[C@H](c3nnnn3Cc3ccco3)C(C)C)cc2c1. The molecule has 0 aliphatic carbocycles. The van der Waals surface area contributed by atoms with Gasteiger partial charge in [-0.05, 0) is 70.6 Å². The maximum atomic E-state index is 13.1. The van der Waals surface area contributed by atoms with E-state index in [-0.39, 0.29) is 17.5 Å². The number of aromatic amines is 1. The molecule has 36 heavy (non-hydrogen) atoms. The summed E-state index contributed by atoms with van der Waals surface area (Å²) in [5.41, 5.74) is 3.61.